The highest BCUT2D eigenvalue weighted by atomic mass is 19.4. The number of nitrogens with zero attached hydrogens (tertiary/aromatic N) is 1. The van der Waals surface area contributed by atoms with Crippen molar-refractivity contribution in [2.45, 2.75) is 78.6 Å². The van der Waals surface area contributed by atoms with Crippen LogP contribution in [0, 0.1) is 18.6 Å². The molecule has 1 aromatic heterocycles. The van der Waals surface area contributed by atoms with Crippen LogP contribution in [0.2, 0.25) is 0 Å². The van der Waals surface area contributed by atoms with Gasteiger partial charge in [0, 0.05) is 24.4 Å². The van der Waals surface area contributed by atoms with Crippen LogP contribution in [0.4, 0.5) is 26.3 Å². The summed E-state index contributed by atoms with van der Waals surface area (Å²) in [6, 6.07) is 15.2. The van der Waals surface area contributed by atoms with Crippen molar-refractivity contribution >= 4 is 22.8 Å². The molecule has 12 heteroatoms. The van der Waals surface area contributed by atoms with E-state index in [-0.39, 0.29) is 17.4 Å². The first-order valence-corrected chi connectivity index (χ1v) is 16.3. The minimum Gasteiger partial charge on any atom is -0.468 e. The fourth-order valence-corrected chi connectivity index (χ4v) is 4.78. The van der Waals surface area contributed by atoms with Gasteiger partial charge in [0.25, 0.3) is 11.5 Å². The number of methoxy groups -OCH3 is 1. The van der Waals surface area contributed by atoms with Gasteiger partial charge in [0.15, 0.2) is 0 Å². The lowest BCUT2D eigenvalue weighted by molar-refractivity contribution is -0.139. The van der Waals surface area contributed by atoms with Gasteiger partial charge in [0.05, 0.1) is 18.2 Å². The number of hydrogen-bond acceptors (Lipinski definition) is 4. The SMILES string of the molecule is CCC.CCc1ccc2c(c1)c(C(F)(F)F)c(Cc1cccc(C)c1)c(=O)n2C.COC(=O)CNC(=O)c1c(F)cccc1F.FC1CCC1. The third-order valence-corrected chi connectivity index (χ3v) is 7.56. The van der Waals surface area contributed by atoms with Gasteiger partial charge in [-0.05, 0) is 68.0 Å². The van der Waals surface area contributed by atoms with Crippen LogP contribution in [-0.4, -0.2) is 36.3 Å². The van der Waals surface area contributed by atoms with Crippen LogP contribution in [0.5, 0.6) is 0 Å². The molecule has 0 spiro atoms. The summed E-state index contributed by atoms with van der Waals surface area (Å²) in [5, 5.41) is 2.12. The summed E-state index contributed by atoms with van der Waals surface area (Å²) in [4.78, 5) is 34.8. The summed E-state index contributed by atoms with van der Waals surface area (Å²) in [5.74, 6) is -3.67. The third-order valence-electron chi connectivity index (χ3n) is 7.56. The molecule has 0 unspecified atom stereocenters. The highest BCUT2D eigenvalue weighted by Gasteiger charge is 2.37. The molecule has 1 saturated carbocycles. The number of pyridine rings is 1. The standard InChI is InChI=1S/C21H20F3NO.C10H9F2NO3.C4H7F.C3H8/c1-4-14-8-9-18-16(11-14)19(21(22,23)24)17(20(26)25(18)3)12-15-7-5-6-13(2)10-15;1-16-8(14)5-13-10(15)9-6(11)3-2-4-7(9)12;5-4-2-1-3-4;1-3-2/h5-11H,4,12H2,1-3H3;2-4H,5H2,1H3,(H,13,15);4H,1-3H2;3H2,1-2H3. The number of amides is 1. The third kappa shape index (κ3) is 11.8. The Balaban J connectivity index is 0.000000304. The smallest absolute Gasteiger partial charge is 0.417 e. The number of hydrogen-bond donors (Lipinski definition) is 1. The Hall–Kier alpha value is -4.61. The Morgan fingerprint density at radius 2 is 1.52 bits per heavy atom. The van der Waals surface area contributed by atoms with Crippen LogP contribution in [0.1, 0.15) is 84.6 Å². The number of rotatable bonds is 6. The maximum atomic E-state index is 14.0. The van der Waals surface area contributed by atoms with Gasteiger partial charge in [-0.2, -0.15) is 13.2 Å². The Labute approximate surface area is 288 Å². The number of alkyl halides is 4. The van der Waals surface area contributed by atoms with Crippen LogP contribution in [0.3, 0.4) is 0 Å². The summed E-state index contributed by atoms with van der Waals surface area (Å²) >= 11 is 0. The van der Waals surface area contributed by atoms with Crippen LogP contribution in [-0.2, 0) is 35.6 Å². The second-order valence-electron chi connectivity index (χ2n) is 11.7. The molecule has 50 heavy (non-hydrogen) atoms. The number of halogens is 6. The summed E-state index contributed by atoms with van der Waals surface area (Å²) in [7, 11) is 2.66. The Kier molecular flexibility index (Phi) is 16.2. The number of aryl methyl sites for hydroxylation is 3. The van der Waals surface area contributed by atoms with Crippen molar-refractivity contribution in [1.29, 1.82) is 0 Å². The van der Waals surface area contributed by atoms with E-state index >= 15 is 0 Å². The molecule has 0 radical (unpaired) electrons. The number of nitrogens with one attached hydrogen (secondary N) is 1. The van der Waals surface area contributed by atoms with Crippen molar-refractivity contribution in [3.05, 3.63) is 116 Å². The zero-order valence-electron chi connectivity index (χ0n) is 29.1. The summed E-state index contributed by atoms with van der Waals surface area (Å²) in [5.41, 5.74) is 0.414. The van der Waals surface area contributed by atoms with Crippen molar-refractivity contribution < 1.29 is 40.7 Å². The van der Waals surface area contributed by atoms with Gasteiger partial charge in [-0.1, -0.05) is 69.2 Å². The van der Waals surface area contributed by atoms with Crippen LogP contribution < -0.4 is 10.9 Å². The molecule has 4 aromatic rings. The lowest BCUT2D eigenvalue weighted by Crippen LogP contribution is -2.31. The molecule has 1 fully saturated rings. The monoisotopic (exact) mass is 706 g/mol. The zero-order valence-corrected chi connectivity index (χ0v) is 29.1. The van der Waals surface area contributed by atoms with E-state index in [0.717, 1.165) is 55.7 Å². The second-order valence-corrected chi connectivity index (χ2v) is 11.7. The van der Waals surface area contributed by atoms with Crippen molar-refractivity contribution in [1.82, 2.24) is 9.88 Å². The normalized spacial score (nSPS) is 12.2. The predicted octanol–water partition coefficient (Wildman–Crippen LogP) is 8.81. The highest BCUT2D eigenvalue weighted by Crippen LogP contribution is 2.37. The molecule has 0 atom stereocenters. The predicted molar refractivity (Wildman–Crippen MR) is 183 cm³/mol. The fraction of sp³-hybridized carbons (Fsp3) is 0.395. The molecule has 1 amide bonds. The van der Waals surface area contributed by atoms with Crippen molar-refractivity contribution in [2.75, 3.05) is 13.7 Å². The van der Waals surface area contributed by atoms with Gasteiger partial charge in [-0.15, -0.1) is 0 Å². The lowest BCUT2D eigenvalue weighted by Gasteiger charge is -2.18. The summed E-state index contributed by atoms with van der Waals surface area (Å²) in [6.07, 6.45) is -0.452. The van der Waals surface area contributed by atoms with E-state index in [1.54, 1.807) is 30.3 Å². The topological polar surface area (TPSA) is 77.4 Å². The van der Waals surface area contributed by atoms with Gasteiger partial charge in [0.1, 0.15) is 29.9 Å². The largest absolute Gasteiger partial charge is 0.468 e. The maximum Gasteiger partial charge on any atom is 0.417 e. The molecule has 1 aliphatic carbocycles. The van der Waals surface area contributed by atoms with Gasteiger partial charge in [-0.25, -0.2) is 13.2 Å². The molecule has 6 nitrogen and oxygen atoms in total. The van der Waals surface area contributed by atoms with Gasteiger partial charge < -0.3 is 14.6 Å². The quantitative estimate of drug-likeness (QED) is 0.161. The molecule has 0 saturated heterocycles. The van der Waals surface area contributed by atoms with Gasteiger partial charge in [0.2, 0.25) is 0 Å². The number of carbonyl (C=O) groups excluding carboxylic acids is 2. The number of fused-ring (bicyclic) bond motifs is 1. The van der Waals surface area contributed by atoms with Crippen molar-refractivity contribution in [3.8, 4) is 0 Å². The van der Waals surface area contributed by atoms with E-state index in [1.165, 1.54) is 18.0 Å². The number of benzene rings is 3. The van der Waals surface area contributed by atoms with Crippen LogP contribution in [0.25, 0.3) is 10.9 Å². The number of carbonyl (C=O) groups is 2. The Bertz CT molecular complexity index is 1780. The summed E-state index contributed by atoms with van der Waals surface area (Å²) < 4.78 is 85.1. The maximum absolute atomic E-state index is 14.0. The van der Waals surface area contributed by atoms with E-state index < -0.39 is 59.1 Å². The number of ether oxygens (including phenoxy) is 1. The molecule has 1 N–H and O–H groups in total. The molecule has 3 aromatic carbocycles. The molecule has 0 aliphatic heterocycles. The van der Waals surface area contributed by atoms with E-state index in [9.17, 15) is 40.7 Å². The summed E-state index contributed by atoms with van der Waals surface area (Å²) in [6.45, 7) is 7.58. The number of esters is 1. The van der Waals surface area contributed by atoms with Crippen molar-refractivity contribution in [3.63, 3.8) is 0 Å². The first kappa shape index (κ1) is 41.6. The first-order chi connectivity index (χ1) is 23.6. The zero-order chi connectivity index (χ0) is 37.6. The van der Waals surface area contributed by atoms with Crippen molar-refractivity contribution in [2.24, 2.45) is 7.05 Å². The molecule has 5 rings (SSSR count). The molecule has 0 bridgehead atoms. The van der Waals surface area contributed by atoms with Gasteiger partial charge >= 0.3 is 12.1 Å². The van der Waals surface area contributed by atoms with E-state index in [0.29, 0.717) is 17.5 Å². The molecule has 1 heterocycles. The molecular weight excluding hydrogens is 662 g/mol. The molecule has 272 valence electrons. The van der Waals surface area contributed by atoms with E-state index in [2.05, 4.69) is 18.6 Å². The van der Waals surface area contributed by atoms with Gasteiger partial charge in [-0.3, -0.25) is 14.4 Å². The Morgan fingerprint density at radius 1 is 0.940 bits per heavy atom. The number of aromatic nitrogens is 1. The first-order valence-electron chi connectivity index (χ1n) is 16.3. The minimum atomic E-state index is -4.60. The molecule has 1 aliphatic rings. The van der Waals surface area contributed by atoms with Crippen LogP contribution in [0.15, 0.2) is 65.5 Å². The van der Waals surface area contributed by atoms with E-state index in [4.69, 9.17) is 0 Å². The van der Waals surface area contributed by atoms with E-state index in [1.807, 2.05) is 31.3 Å². The fourth-order valence-electron chi connectivity index (χ4n) is 4.78. The highest BCUT2D eigenvalue weighted by molar-refractivity contribution is 5.96. The average molecular weight is 707 g/mol. The average Bonchev–Trinajstić information content (AvgIpc) is 3.05. The second kappa shape index (κ2) is 19.5. The Morgan fingerprint density at radius 3 is 2.00 bits per heavy atom. The lowest BCUT2D eigenvalue weighted by atomic mass is 9.95. The van der Waals surface area contributed by atoms with Crippen LogP contribution >= 0.6 is 0 Å². The minimum absolute atomic E-state index is 0.0461. The molecular formula is C38H44F6N2O4.